The first-order valence-electron chi connectivity index (χ1n) is 8.28. The SMILES string of the molecule is CCN(CC1CC(C)(C)CCC1=O)C1CCCCC1. The van der Waals surface area contributed by atoms with Crippen LogP contribution in [-0.2, 0) is 4.79 Å². The molecule has 0 aromatic rings. The molecule has 0 aliphatic heterocycles. The molecule has 0 aromatic heterocycles. The summed E-state index contributed by atoms with van der Waals surface area (Å²) in [6.07, 6.45) is 9.84. The standard InChI is InChI=1S/C17H31NO/c1-4-18(15-8-6-5-7-9-15)13-14-12-17(2,3)11-10-16(14)19/h14-15H,4-13H2,1-3H3. The zero-order chi connectivity index (χ0) is 13.9. The molecule has 1 unspecified atom stereocenters. The van der Waals surface area contributed by atoms with E-state index in [2.05, 4.69) is 25.7 Å². The van der Waals surface area contributed by atoms with E-state index in [1.807, 2.05) is 0 Å². The number of ketones is 1. The lowest BCUT2D eigenvalue weighted by Crippen LogP contribution is -2.44. The molecule has 0 N–H and O–H groups in total. The molecule has 0 radical (unpaired) electrons. The van der Waals surface area contributed by atoms with Crippen molar-refractivity contribution in [2.75, 3.05) is 13.1 Å². The van der Waals surface area contributed by atoms with Crippen LogP contribution in [-0.4, -0.2) is 29.8 Å². The molecule has 0 aromatic carbocycles. The number of carbonyl (C=O) groups is 1. The van der Waals surface area contributed by atoms with E-state index in [1.165, 1.54) is 32.1 Å². The average Bonchev–Trinajstić information content (AvgIpc) is 2.40. The summed E-state index contributed by atoms with van der Waals surface area (Å²) < 4.78 is 0. The molecule has 110 valence electrons. The fourth-order valence-electron chi connectivity index (χ4n) is 3.98. The predicted octanol–water partition coefficient (Wildman–Crippen LogP) is 4.04. The van der Waals surface area contributed by atoms with Gasteiger partial charge in [0.05, 0.1) is 0 Å². The minimum atomic E-state index is 0.297. The Morgan fingerprint density at radius 1 is 1.21 bits per heavy atom. The monoisotopic (exact) mass is 265 g/mol. The van der Waals surface area contributed by atoms with E-state index in [0.29, 0.717) is 17.1 Å². The average molecular weight is 265 g/mol. The van der Waals surface area contributed by atoms with E-state index in [-0.39, 0.29) is 0 Å². The summed E-state index contributed by atoms with van der Waals surface area (Å²) in [5, 5.41) is 0. The minimum absolute atomic E-state index is 0.297. The molecule has 0 amide bonds. The molecule has 2 heteroatoms. The highest BCUT2D eigenvalue weighted by atomic mass is 16.1. The third-order valence-electron chi connectivity index (χ3n) is 5.25. The maximum Gasteiger partial charge on any atom is 0.137 e. The van der Waals surface area contributed by atoms with E-state index in [1.54, 1.807) is 0 Å². The second kappa shape index (κ2) is 6.39. The third kappa shape index (κ3) is 4.05. The van der Waals surface area contributed by atoms with Gasteiger partial charge in [-0.2, -0.15) is 0 Å². The normalized spacial score (nSPS) is 28.8. The Balaban J connectivity index is 1.94. The van der Waals surface area contributed by atoms with Crippen LogP contribution in [0.5, 0.6) is 0 Å². The van der Waals surface area contributed by atoms with Crippen molar-refractivity contribution in [2.45, 2.75) is 78.2 Å². The number of hydrogen-bond acceptors (Lipinski definition) is 2. The molecule has 2 aliphatic carbocycles. The lowest BCUT2D eigenvalue weighted by molar-refractivity contribution is -0.128. The zero-order valence-electron chi connectivity index (χ0n) is 13.1. The number of nitrogens with zero attached hydrogens (tertiary/aromatic N) is 1. The smallest absolute Gasteiger partial charge is 0.137 e. The van der Waals surface area contributed by atoms with Crippen molar-refractivity contribution >= 4 is 5.78 Å². The second-order valence-corrected chi connectivity index (χ2v) is 7.41. The van der Waals surface area contributed by atoms with E-state index in [4.69, 9.17) is 0 Å². The van der Waals surface area contributed by atoms with E-state index < -0.39 is 0 Å². The molecule has 2 nitrogen and oxygen atoms in total. The Morgan fingerprint density at radius 3 is 2.53 bits per heavy atom. The summed E-state index contributed by atoms with van der Waals surface area (Å²) in [7, 11) is 0. The Kier molecular flexibility index (Phi) is 5.05. The van der Waals surface area contributed by atoms with Gasteiger partial charge in [0.1, 0.15) is 5.78 Å². The molecule has 2 saturated carbocycles. The molecule has 2 fully saturated rings. The summed E-state index contributed by atoms with van der Waals surface area (Å²) in [4.78, 5) is 14.8. The van der Waals surface area contributed by atoms with Gasteiger partial charge in [-0.3, -0.25) is 9.69 Å². The van der Waals surface area contributed by atoms with Crippen LogP contribution < -0.4 is 0 Å². The van der Waals surface area contributed by atoms with E-state index >= 15 is 0 Å². The Morgan fingerprint density at radius 2 is 1.89 bits per heavy atom. The van der Waals surface area contributed by atoms with Gasteiger partial charge in [0.25, 0.3) is 0 Å². The molecule has 0 bridgehead atoms. The van der Waals surface area contributed by atoms with E-state index in [0.717, 1.165) is 38.4 Å². The van der Waals surface area contributed by atoms with Crippen molar-refractivity contribution in [3.8, 4) is 0 Å². The highest BCUT2D eigenvalue weighted by Gasteiger charge is 2.35. The first-order valence-corrected chi connectivity index (χ1v) is 8.28. The van der Waals surface area contributed by atoms with Crippen molar-refractivity contribution < 1.29 is 4.79 Å². The highest BCUT2D eigenvalue weighted by molar-refractivity contribution is 5.82. The van der Waals surface area contributed by atoms with Gasteiger partial charge >= 0.3 is 0 Å². The lowest BCUT2D eigenvalue weighted by Gasteiger charge is -2.40. The molecular weight excluding hydrogens is 234 g/mol. The summed E-state index contributed by atoms with van der Waals surface area (Å²) in [6.45, 7) is 9.03. The lowest BCUT2D eigenvalue weighted by atomic mass is 9.71. The van der Waals surface area contributed by atoms with Gasteiger partial charge in [-0.05, 0) is 37.6 Å². The van der Waals surface area contributed by atoms with Crippen LogP contribution in [0, 0.1) is 11.3 Å². The first kappa shape index (κ1) is 15.0. The molecule has 19 heavy (non-hydrogen) atoms. The topological polar surface area (TPSA) is 20.3 Å². The van der Waals surface area contributed by atoms with Gasteiger partial charge in [-0.25, -0.2) is 0 Å². The maximum atomic E-state index is 12.2. The predicted molar refractivity (Wildman–Crippen MR) is 80.2 cm³/mol. The van der Waals surface area contributed by atoms with Crippen LogP contribution in [0.4, 0.5) is 0 Å². The largest absolute Gasteiger partial charge is 0.300 e. The maximum absolute atomic E-state index is 12.2. The van der Waals surface area contributed by atoms with Crippen molar-refractivity contribution in [1.29, 1.82) is 0 Å². The summed E-state index contributed by atoms with van der Waals surface area (Å²) >= 11 is 0. The fourth-order valence-corrected chi connectivity index (χ4v) is 3.98. The van der Waals surface area contributed by atoms with Crippen LogP contribution in [0.15, 0.2) is 0 Å². The summed E-state index contributed by atoms with van der Waals surface area (Å²) in [5.74, 6) is 0.819. The van der Waals surface area contributed by atoms with E-state index in [9.17, 15) is 4.79 Å². The molecular formula is C17H31NO. The van der Waals surface area contributed by atoms with Crippen LogP contribution in [0.1, 0.15) is 72.1 Å². The van der Waals surface area contributed by atoms with Gasteiger partial charge in [0.2, 0.25) is 0 Å². The number of Topliss-reactive ketones (excluding diaryl/α,β-unsaturated/α-hetero) is 1. The molecule has 2 rings (SSSR count). The van der Waals surface area contributed by atoms with Crippen LogP contribution in [0.2, 0.25) is 0 Å². The highest BCUT2D eigenvalue weighted by Crippen LogP contribution is 2.37. The molecule has 2 aliphatic rings. The van der Waals surface area contributed by atoms with Crippen LogP contribution >= 0.6 is 0 Å². The Bertz CT molecular complexity index is 304. The third-order valence-corrected chi connectivity index (χ3v) is 5.25. The fraction of sp³-hybridized carbons (Fsp3) is 0.941. The van der Waals surface area contributed by atoms with Gasteiger partial charge in [-0.15, -0.1) is 0 Å². The minimum Gasteiger partial charge on any atom is -0.300 e. The number of rotatable bonds is 4. The van der Waals surface area contributed by atoms with Gasteiger partial charge < -0.3 is 0 Å². The van der Waals surface area contributed by atoms with Crippen molar-refractivity contribution in [3.05, 3.63) is 0 Å². The Hall–Kier alpha value is -0.370. The van der Waals surface area contributed by atoms with Gasteiger partial charge in [0, 0.05) is 24.9 Å². The molecule has 0 spiro atoms. The zero-order valence-corrected chi connectivity index (χ0v) is 13.1. The molecule has 0 saturated heterocycles. The Labute approximate surface area is 118 Å². The van der Waals surface area contributed by atoms with Crippen LogP contribution in [0.3, 0.4) is 0 Å². The second-order valence-electron chi connectivity index (χ2n) is 7.41. The van der Waals surface area contributed by atoms with Crippen molar-refractivity contribution in [2.24, 2.45) is 11.3 Å². The van der Waals surface area contributed by atoms with Crippen LogP contribution in [0.25, 0.3) is 0 Å². The molecule has 1 atom stereocenters. The summed E-state index contributed by atoms with van der Waals surface area (Å²) in [6, 6.07) is 0.747. The van der Waals surface area contributed by atoms with Gasteiger partial charge in [0.15, 0.2) is 0 Å². The van der Waals surface area contributed by atoms with Gasteiger partial charge in [-0.1, -0.05) is 40.0 Å². The van der Waals surface area contributed by atoms with Crippen molar-refractivity contribution in [3.63, 3.8) is 0 Å². The van der Waals surface area contributed by atoms with Crippen molar-refractivity contribution in [1.82, 2.24) is 4.90 Å². The number of carbonyl (C=O) groups excluding carboxylic acids is 1. The molecule has 0 heterocycles. The summed E-state index contributed by atoms with van der Waals surface area (Å²) in [5.41, 5.74) is 0.366. The number of hydrogen-bond donors (Lipinski definition) is 0. The quantitative estimate of drug-likeness (QED) is 0.764. The first-order chi connectivity index (χ1) is 9.02.